The van der Waals surface area contributed by atoms with Gasteiger partial charge in [-0.3, -0.25) is 9.59 Å². The standard InChI is InChI=1S/C17H17NO6/c19-15(18-7-1-2-12(9-18)17(21)22)10-23-13-5-3-11-4-6-16(20)24-14(11)8-13/h3-6,8,12H,1-2,7,9-10H2,(H,21,22)/t12-/m0/s1. The van der Waals surface area contributed by atoms with Crippen molar-refractivity contribution < 1.29 is 23.8 Å². The number of amides is 1. The Morgan fingerprint density at radius 2 is 2.08 bits per heavy atom. The minimum atomic E-state index is -0.877. The van der Waals surface area contributed by atoms with Gasteiger partial charge in [0.1, 0.15) is 11.3 Å². The van der Waals surface area contributed by atoms with E-state index < -0.39 is 17.5 Å². The number of carboxylic acid groups (broad SMARTS) is 1. The summed E-state index contributed by atoms with van der Waals surface area (Å²) < 4.78 is 10.5. The number of carbonyl (C=O) groups excluding carboxylic acids is 1. The Balaban J connectivity index is 1.63. The number of carbonyl (C=O) groups is 2. The van der Waals surface area contributed by atoms with Gasteiger partial charge in [0.15, 0.2) is 6.61 Å². The average molecular weight is 331 g/mol. The van der Waals surface area contributed by atoms with Crippen LogP contribution in [0.1, 0.15) is 12.8 Å². The van der Waals surface area contributed by atoms with E-state index in [2.05, 4.69) is 0 Å². The van der Waals surface area contributed by atoms with E-state index in [0.717, 1.165) is 5.39 Å². The molecule has 0 radical (unpaired) electrons. The van der Waals surface area contributed by atoms with Gasteiger partial charge in [-0.15, -0.1) is 0 Å². The van der Waals surface area contributed by atoms with Gasteiger partial charge in [0.2, 0.25) is 0 Å². The predicted octanol–water partition coefficient (Wildman–Crippen LogP) is 1.49. The van der Waals surface area contributed by atoms with E-state index in [9.17, 15) is 14.4 Å². The first kappa shape index (κ1) is 16.0. The number of likely N-dealkylation sites (tertiary alicyclic amines) is 1. The molecule has 0 saturated carbocycles. The Morgan fingerprint density at radius 3 is 2.88 bits per heavy atom. The predicted molar refractivity (Wildman–Crippen MR) is 84.9 cm³/mol. The molecular formula is C17H17NO6. The van der Waals surface area contributed by atoms with Gasteiger partial charge < -0.3 is 19.2 Å². The first-order valence-electron chi connectivity index (χ1n) is 7.70. The molecule has 7 nitrogen and oxygen atoms in total. The normalized spacial score (nSPS) is 17.7. The monoisotopic (exact) mass is 331 g/mol. The Bertz CT molecular complexity index is 827. The Labute approximate surface area is 137 Å². The topological polar surface area (TPSA) is 97.0 Å². The molecule has 7 heteroatoms. The van der Waals surface area contributed by atoms with E-state index >= 15 is 0 Å². The van der Waals surface area contributed by atoms with Gasteiger partial charge in [0.25, 0.3) is 5.91 Å². The van der Waals surface area contributed by atoms with E-state index in [1.165, 1.54) is 11.0 Å². The molecule has 1 amide bonds. The SMILES string of the molecule is O=C(O)[C@H]1CCCN(C(=O)COc2ccc3ccc(=O)oc3c2)C1. The third kappa shape index (κ3) is 3.56. The summed E-state index contributed by atoms with van der Waals surface area (Å²) in [7, 11) is 0. The molecule has 1 N–H and O–H groups in total. The van der Waals surface area contributed by atoms with Crippen molar-refractivity contribution in [3.63, 3.8) is 0 Å². The molecule has 24 heavy (non-hydrogen) atoms. The van der Waals surface area contributed by atoms with E-state index in [1.807, 2.05) is 0 Å². The van der Waals surface area contributed by atoms with Crippen molar-refractivity contribution in [3.8, 4) is 5.75 Å². The van der Waals surface area contributed by atoms with Gasteiger partial charge in [-0.05, 0) is 31.0 Å². The largest absolute Gasteiger partial charge is 0.484 e. The highest BCUT2D eigenvalue weighted by molar-refractivity contribution is 5.80. The summed E-state index contributed by atoms with van der Waals surface area (Å²) in [6.07, 6.45) is 1.26. The molecular weight excluding hydrogens is 314 g/mol. The zero-order valence-corrected chi connectivity index (χ0v) is 12.9. The first-order chi connectivity index (χ1) is 11.5. The van der Waals surface area contributed by atoms with Gasteiger partial charge in [-0.2, -0.15) is 0 Å². The molecule has 1 aliphatic rings. The number of benzene rings is 1. The summed E-state index contributed by atoms with van der Waals surface area (Å²) in [5, 5.41) is 9.82. The second-order valence-electron chi connectivity index (χ2n) is 5.76. The second-order valence-corrected chi connectivity index (χ2v) is 5.76. The Morgan fingerprint density at radius 1 is 1.29 bits per heavy atom. The molecule has 1 aromatic heterocycles. The van der Waals surface area contributed by atoms with Crippen LogP contribution in [-0.4, -0.2) is 41.6 Å². The quantitative estimate of drug-likeness (QED) is 0.853. The highest BCUT2D eigenvalue weighted by atomic mass is 16.5. The van der Waals surface area contributed by atoms with Crippen molar-refractivity contribution in [1.29, 1.82) is 0 Å². The highest BCUT2D eigenvalue weighted by Crippen LogP contribution is 2.20. The maximum atomic E-state index is 12.2. The van der Waals surface area contributed by atoms with Crippen molar-refractivity contribution in [2.45, 2.75) is 12.8 Å². The number of rotatable bonds is 4. The van der Waals surface area contributed by atoms with Gasteiger partial charge >= 0.3 is 11.6 Å². The molecule has 126 valence electrons. The molecule has 0 unspecified atom stereocenters. The molecule has 0 aliphatic carbocycles. The summed E-state index contributed by atoms with van der Waals surface area (Å²) >= 11 is 0. The number of aliphatic carboxylic acids is 1. The lowest BCUT2D eigenvalue weighted by Crippen LogP contribution is -2.44. The maximum Gasteiger partial charge on any atom is 0.336 e. The second kappa shape index (κ2) is 6.74. The van der Waals surface area contributed by atoms with Crippen LogP contribution in [0, 0.1) is 5.92 Å². The molecule has 1 atom stereocenters. The van der Waals surface area contributed by atoms with Gasteiger partial charge in [-0.25, -0.2) is 4.79 Å². The molecule has 1 fully saturated rings. The molecule has 0 spiro atoms. The number of fused-ring (bicyclic) bond motifs is 1. The van der Waals surface area contributed by atoms with Crippen LogP contribution in [0.5, 0.6) is 5.75 Å². The van der Waals surface area contributed by atoms with Crippen LogP contribution in [0.15, 0.2) is 39.5 Å². The van der Waals surface area contributed by atoms with Crippen molar-refractivity contribution in [2.24, 2.45) is 5.92 Å². The zero-order valence-electron chi connectivity index (χ0n) is 12.9. The number of carboxylic acids is 1. The summed E-state index contributed by atoms with van der Waals surface area (Å²) in [4.78, 5) is 36.0. The summed E-state index contributed by atoms with van der Waals surface area (Å²) in [5.74, 6) is -1.23. The van der Waals surface area contributed by atoms with Crippen LogP contribution in [0.2, 0.25) is 0 Å². The lowest BCUT2D eigenvalue weighted by Gasteiger charge is -2.30. The average Bonchev–Trinajstić information content (AvgIpc) is 2.59. The van der Waals surface area contributed by atoms with E-state index in [0.29, 0.717) is 30.7 Å². The fourth-order valence-electron chi connectivity index (χ4n) is 2.77. The van der Waals surface area contributed by atoms with Crippen LogP contribution in [-0.2, 0) is 9.59 Å². The van der Waals surface area contributed by atoms with Crippen LogP contribution < -0.4 is 10.4 Å². The van der Waals surface area contributed by atoms with Crippen LogP contribution in [0.4, 0.5) is 0 Å². The Kier molecular flexibility index (Phi) is 4.50. The van der Waals surface area contributed by atoms with E-state index in [1.54, 1.807) is 24.3 Å². The number of piperidine rings is 1. The molecule has 0 bridgehead atoms. The van der Waals surface area contributed by atoms with Crippen molar-refractivity contribution in [2.75, 3.05) is 19.7 Å². The molecule has 3 rings (SSSR count). The Hall–Kier alpha value is -2.83. The van der Waals surface area contributed by atoms with Gasteiger partial charge in [0.05, 0.1) is 5.92 Å². The number of nitrogens with zero attached hydrogens (tertiary/aromatic N) is 1. The van der Waals surface area contributed by atoms with Crippen LogP contribution in [0.25, 0.3) is 11.0 Å². The fourth-order valence-corrected chi connectivity index (χ4v) is 2.77. The van der Waals surface area contributed by atoms with Crippen molar-refractivity contribution in [3.05, 3.63) is 40.8 Å². The summed E-state index contributed by atoms with van der Waals surface area (Å²) in [5.41, 5.74) is -0.0693. The molecule has 1 aromatic carbocycles. The maximum absolute atomic E-state index is 12.2. The molecule has 2 aromatic rings. The van der Waals surface area contributed by atoms with Crippen LogP contribution in [0.3, 0.4) is 0 Å². The molecule has 1 aliphatic heterocycles. The highest BCUT2D eigenvalue weighted by Gasteiger charge is 2.28. The molecule has 1 saturated heterocycles. The lowest BCUT2D eigenvalue weighted by atomic mass is 9.98. The van der Waals surface area contributed by atoms with Gasteiger partial charge in [0, 0.05) is 30.6 Å². The summed E-state index contributed by atoms with van der Waals surface area (Å²) in [6, 6.07) is 7.96. The van der Waals surface area contributed by atoms with Crippen molar-refractivity contribution >= 4 is 22.8 Å². The summed E-state index contributed by atoms with van der Waals surface area (Å²) in [6.45, 7) is 0.567. The number of hydrogen-bond acceptors (Lipinski definition) is 5. The zero-order chi connectivity index (χ0) is 17.1. The minimum absolute atomic E-state index is 0.186. The number of ether oxygens (including phenoxy) is 1. The third-order valence-corrected chi connectivity index (χ3v) is 4.08. The number of hydrogen-bond donors (Lipinski definition) is 1. The van der Waals surface area contributed by atoms with E-state index in [4.69, 9.17) is 14.3 Å². The van der Waals surface area contributed by atoms with Crippen molar-refractivity contribution in [1.82, 2.24) is 4.90 Å². The van der Waals surface area contributed by atoms with E-state index in [-0.39, 0.29) is 19.1 Å². The fraction of sp³-hybridized carbons (Fsp3) is 0.353. The minimum Gasteiger partial charge on any atom is -0.484 e. The van der Waals surface area contributed by atoms with Crippen LogP contribution >= 0.6 is 0 Å². The smallest absolute Gasteiger partial charge is 0.336 e. The van der Waals surface area contributed by atoms with Gasteiger partial charge in [-0.1, -0.05) is 0 Å². The lowest BCUT2D eigenvalue weighted by molar-refractivity contribution is -0.146. The third-order valence-electron chi connectivity index (χ3n) is 4.08. The first-order valence-corrected chi connectivity index (χ1v) is 7.70. The molecule has 2 heterocycles.